The number of nitriles is 2. The van der Waals surface area contributed by atoms with Crippen LogP contribution >= 0.6 is 0 Å². The van der Waals surface area contributed by atoms with E-state index in [0.717, 1.165) is 20.3 Å². The minimum atomic E-state index is -1.10. The predicted octanol–water partition coefficient (Wildman–Crippen LogP) is -0.822. The van der Waals surface area contributed by atoms with Gasteiger partial charge in [0.25, 0.3) is 0 Å². The lowest BCUT2D eigenvalue weighted by Gasteiger charge is -2.27. The molecule has 2 aliphatic heterocycles. The zero-order chi connectivity index (χ0) is 42.2. The highest BCUT2D eigenvalue weighted by atomic mass is 16.6. The van der Waals surface area contributed by atoms with E-state index in [1.807, 2.05) is 0 Å². The van der Waals surface area contributed by atoms with E-state index in [1.165, 1.54) is 0 Å². The third-order valence-corrected chi connectivity index (χ3v) is 10.6. The van der Waals surface area contributed by atoms with Crippen molar-refractivity contribution in [1.29, 1.82) is 10.5 Å². The highest BCUT2D eigenvalue weighted by Crippen LogP contribution is 2.62. The van der Waals surface area contributed by atoms with Crippen LogP contribution in [-0.4, -0.2) is 120 Å². The molecule has 0 aromatic heterocycles. The molecule has 0 aromatic rings. The SMILES string of the molecule is CC(=O)C(=O)OCCOC(=O)CCC(=O)O.CC(=O)C(=O)OCCOC(=O)CCC(=O)OC1C2CC3C1OC(=O)C3(C#N)C2.N#CC12CC3CC1C(OC2=O)C3O. The Bertz CT molecular complexity index is 1780. The van der Waals surface area contributed by atoms with Crippen molar-refractivity contribution in [1.82, 2.24) is 0 Å². The number of hydrogen-bond donors (Lipinski definition) is 2. The van der Waals surface area contributed by atoms with Gasteiger partial charge in [0.15, 0.2) is 10.8 Å². The van der Waals surface area contributed by atoms with Gasteiger partial charge in [-0.15, -0.1) is 0 Å². The first-order chi connectivity index (χ1) is 26.9. The minimum Gasteiger partial charge on any atom is -0.481 e. The van der Waals surface area contributed by atoms with E-state index in [0.29, 0.717) is 19.3 Å². The summed E-state index contributed by atoms with van der Waals surface area (Å²) >= 11 is 0. The molecule has 4 saturated carbocycles. The first kappa shape index (κ1) is 43.8. The van der Waals surface area contributed by atoms with Gasteiger partial charge in [-0.3, -0.25) is 38.4 Å². The Labute approximate surface area is 323 Å². The van der Waals surface area contributed by atoms with Crippen molar-refractivity contribution in [3.8, 4) is 12.1 Å². The quantitative estimate of drug-likeness (QED) is 0.0883. The van der Waals surface area contributed by atoms with Gasteiger partial charge >= 0.3 is 47.8 Å². The van der Waals surface area contributed by atoms with Crippen molar-refractivity contribution in [3.63, 3.8) is 0 Å². The van der Waals surface area contributed by atoms with Crippen LogP contribution in [0.25, 0.3) is 0 Å². The molecule has 0 amide bonds. The Balaban J connectivity index is 0.000000209. The third kappa shape index (κ3) is 9.54. The molecule has 4 aliphatic carbocycles. The average Bonchev–Trinajstić information content (AvgIpc) is 3.97. The second-order valence-corrected chi connectivity index (χ2v) is 14.2. The van der Waals surface area contributed by atoms with Gasteiger partial charge in [0.2, 0.25) is 11.6 Å². The maximum atomic E-state index is 12.0. The number of Topliss-reactive ketones (excluding diaryl/α,β-unsaturated/α-hetero) is 2. The van der Waals surface area contributed by atoms with Crippen molar-refractivity contribution < 1.29 is 91.3 Å². The van der Waals surface area contributed by atoms with Gasteiger partial charge in [-0.2, -0.15) is 10.5 Å². The molecule has 0 aromatic carbocycles. The predicted molar refractivity (Wildman–Crippen MR) is 175 cm³/mol. The second-order valence-electron chi connectivity index (χ2n) is 14.2. The number of aliphatic hydroxyl groups excluding tert-OH is 1. The molecule has 10 atom stereocenters. The summed E-state index contributed by atoms with van der Waals surface area (Å²) in [7, 11) is 0. The fourth-order valence-corrected chi connectivity index (χ4v) is 7.99. The van der Waals surface area contributed by atoms with Gasteiger partial charge in [-0.1, -0.05) is 0 Å². The summed E-state index contributed by atoms with van der Waals surface area (Å²) in [5.41, 5.74) is -2.01. The van der Waals surface area contributed by atoms with E-state index in [-0.39, 0.29) is 75.8 Å². The topological polar surface area (TPSA) is 323 Å². The Morgan fingerprint density at radius 3 is 1.56 bits per heavy atom. The Morgan fingerprint density at radius 1 is 0.667 bits per heavy atom. The van der Waals surface area contributed by atoms with Crippen LogP contribution in [0.1, 0.15) is 65.2 Å². The molecule has 6 fully saturated rings. The first-order valence-electron chi connectivity index (χ1n) is 17.9. The van der Waals surface area contributed by atoms with Crippen LogP contribution in [-0.2, 0) is 81.1 Å². The summed E-state index contributed by atoms with van der Waals surface area (Å²) in [6.45, 7) is 1.21. The monoisotopic (exact) mass is 804 g/mol. The number of ether oxygens (including phenoxy) is 7. The molecule has 2 heterocycles. The van der Waals surface area contributed by atoms with Crippen molar-refractivity contribution in [2.45, 2.75) is 89.6 Å². The molecule has 4 bridgehead atoms. The number of aliphatic carboxylic acids is 1. The number of carbonyl (C=O) groups is 10. The number of carbonyl (C=O) groups excluding carboxylic acids is 9. The summed E-state index contributed by atoms with van der Waals surface area (Å²) in [5, 5.41) is 36.2. The van der Waals surface area contributed by atoms with Crippen molar-refractivity contribution in [2.75, 3.05) is 26.4 Å². The molecule has 0 radical (unpaired) electrons. The maximum absolute atomic E-state index is 12.0. The zero-order valence-electron chi connectivity index (χ0n) is 30.8. The number of carboxylic acid groups (broad SMARTS) is 1. The van der Waals surface area contributed by atoms with Crippen LogP contribution < -0.4 is 0 Å². The number of hydrogen-bond acceptors (Lipinski definition) is 20. The Hall–Kier alpha value is -5.96. The van der Waals surface area contributed by atoms with Gasteiger partial charge in [-0.25, -0.2) is 9.59 Å². The van der Waals surface area contributed by atoms with Crippen LogP contribution in [0, 0.1) is 57.2 Å². The lowest BCUT2D eigenvalue weighted by Crippen LogP contribution is -2.39. The van der Waals surface area contributed by atoms with Crippen LogP contribution in [0.2, 0.25) is 0 Å². The zero-order valence-corrected chi connectivity index (χ0v) is 30.8. The van der Waals surface area contributed by atoms with Gasteiger partial charge in [-0.05, 0) is 31.6 Å². The van der Waals surface area contributed by atoms with Crippen molar-refractivity contribution in [2.24, 2.45) is 34.5 Å². The van der Waals surface area contributed by atoms with Crippen LogP contribution in [0.4, 0.5) is 0 Å². The van der Waals surface area contributed by atoms with Crippen molar-refractivity contribution in [3.05, 3.63) is 0 Å². The molecular formula is C36H40N2O19. The lowest BCUT2D eigenvalue weighted by molar-refractivity contribution is -0.163. The fourth-order valence-electron chi connectivity index (χ4n) is 7.99. The van der Waals surface area contributed by atoms with E-state index in [4.69, 9.17) is 29.3 Å². The van der Waals surface area contributed by atoms with Crippen LogP contribution in [0.15, 0.2) is 0 Å². The number of fused-ring (bicyclic) bond motifs is 2. The fraction of sp³-hybridized carbons (Fsp3) is 0.667. The van der Waals surface area contributed by atoms with E-state index in [1.54, 1.807) is 0 Å². The van der Waals surface area contributed by atoms with Crippen molar-refractivity contribution >= 4 is 59.3 Å². The normalized spacial score (nSPS) is 31.0. The summed E-state index contributed by atoms with van der Waals surface area (Å²) in [6, 6.07) is 4.16. The van der Waals surface area contributed by atoms with E-state index in [2.05, 4.69) is 26.3 Å². The molecule has 57 heavy (non-hydrogen) atoms. The largest absolute Gasteiger partial charge is 0.481 e. The van der Waals surface area contributed by atoms with Gasteiger partial charge < -0.3 is 43.4 Å². The summed E-state index contributed by atoms with van der Waals surface area (Å²) in [5.74, 6) is -7.87. The Kier molecular flexibility index (Phi) is 14.1. The smallest absolute Gasteiger partial charge is 0.374 e. The van der Waals surface area contributed by atoms with E-state index >= 15 is 0 Å². The molecule has 21 heteroatoms. The van der Waals surface area contributed by atoms with E-state index in [9.17, 15) is 58.3 Å². The molecule has 6 rings (SSSR count). The second kappa shape index (κ2) is 18.3. The number of carboxylic acids is 1. The number of esters is 7. The molecule has 2 N–H and O–H groups in total. The highest BCUT2D eigenvalue weighted by molar-refractivity contribution is 6.32. The molecule has 6 aliphatic rings. The Morgan fingerprint density at radius 2 is 1.09 bits per heavy atom. The van der Waals surface area contributed by atoms with Gasteiger partial charge in [0.1, 0.15) is 44.7 Å². The van der Waals surface area contributed by atoms with Gasteiger partial charge in [0, 0.05) is 31.6 Å². The minimum absolute atomic E-state index is 0.0509. The lowest BCUT2D eigenvalue weighted by atomic mass is 9.75. The summed E-state index contributed by atoms with van der Waals surface area (Å²) in [6.07, 6.45) is -0.936. The molecule has 21 nitrogen and oxygen atoms in total. The standard InChI is InChI=1S/C18H19NO9.C9H9NO3.C9H12O7/c1-9(20)16(23)26-5-4-25-12(21)2-3-13(22)27-14-10-6-11-15(14)28-17(24)18(11,7-10)8-19;10-3-9-2-4-1-5(9)7(6(4)11)13-8(9)12;1-6(10)9(14)16-5-4-15-8(13)3-2-7(11)12/h10-11,14-15H,2-7H2,1H3;4-7,11H,1-2H2;2-5H2,1H3,(H,11,12). The molecule has 308 valence electrons. The highest BCUT2D eigenvalue weighted by Gasteiger charge is 2.72. The third-order valence-electron chi connectivity index (χ3n) is 10.6. The number of ketones is 2. The summed E-state index contributed by atoms with van der Waals surface area (Å²) < 4.78 is 34.0. The number of nitrogens with zero attached hydrogens (tertiary/aromatic N) is 2. The average molecular weight is 805 g/mol. The molecular weight excluding hydrogens is 764 g/mol. The van der Waals surface area contributed by atoms with Crippen LogP contribution in [0.5, 0.6) is 0 Å². The van der Waals surface area contributed by atoms with Gasteiger partial charge in [0.05, 0.1) is 43.9 Å². The van der Waals surface area contributed by atoms with E-state index < -0.39 is 94.6 Å². The van der Waals surface area contributed by atoms with Crippen LogP contribution in [0.3, 0.4) is 0 Å². The number of rotatable bonds is 15. The number of aliphatic hydroxyl groups is 1. The molecule has 0 spiro atoms. The molecule has 2 saturated heterocycles. The molecule has 10 unspecified atom stereocenters. The summed E-state index contributed by atoms with van der Waals surface area (Å²) in [4.78, 5) is 111. The maximum Gasteiger partial charge on any atom is 0.374 e. The first-order valence-corrected chi connectivity index (χ1v) is 17.9.